The molecule has 1 rings (SSSR count). The third kappa shape index (κ3) is 4.38. The summed E-state index contributed by atoms with van der Waals surface area (Å²) in [6, 6.07) is 6.29. The van der Waals surface area contributed by atoms with Gasteiger partial charge in [-0.1, -0.05) is 19.1 Å². The van der Waals surface area contributed by atoms with Gasteiger partial charge in [0.2, 0.25) is 0 Å². The number of benzene rings is 1. The van der Waals surface area contributed by atoms with Crippen LogP contribution >= 0.6 is 0 Å². The van der Waals surface area contributed by atoms with Gasteiger partial charge in [0.1, 0.15) is 0 Å². The van der Waals surface area contributed by atoms with Gasteiger partial charge in [-0.2, -0.15) is 0 Å². The summed E-state index contributed by atoms with van der Waals surface area (Å²) < 4.78 is 4.99. The Morgan fingerprint density at radius 2 is 1.80 bits per heavy atom. The van der Waals surface area contributed by atoms with Crippen LogP contribution in [-0.2, 0) is 16.0 Å². The zero-order valence-electron chi connectivity index (χ0n) is 11.7. The van der Waals surface area contributed by atoms with Gasteiger partial charge >= 0.3 is 12.0 Å². The van der Waals surface area contributed by atoms with Gasteiger partial charge in [-0.05, 0) is 31.0 Å². The Labute approximate surface area is 117 Å². The number of amides is 3. The number of ether oxygens (including phenoxy) is 1. The number of carbonyl (C=O) groups is 3. The maximum absolute atomic E-state index is 11.8. The Balaban J connectivity index is 2.60. The lowest BCUT2D eigenvalue weighted by Crippen LogP contribution is -2.43. The average molecular weight is 278 g/mol. The highest BCUT2D eigenvalue weighted by atomic mass is 16.5. The van der Waals surface area contributed by atoms with Crippen LogP contribution in [0.4, 0.5) is 4.79 Å². The highest BCUT2D eigenvalue weighted by molar-refractivity contribution is 5.98. The Hall–Kier alpha value is -2.37. The van der Waals surface area contributed by atoms with Crippen molar-refractivity contribution >= 4 is 17.9 Å². The van der Waals surface area contributed by atoms with Gasteiger partial charge in [-0.15, -0.1) is 0 Å². The van der Waals surface area contributed by atoms with Crippen molar-refractivity contribution in [3.63, 3.8) is 0 Å². The molecule has 0 aliphatic carbocycles. The molecule has 108 valence electrons. The molecule has 0 spiro atoms. The van der Waals surface area contributed by atoms with Crippen molar-refractivity contribution in [3.8, 4) is 0 Å². The minimum absolute atomic E-state index is 0.363. The molecule has 1 aromatic rings. The zero-order valence-corrected chi connectivity index (χ0v) is 11.7. The molecule has 0 saturated heterocycles. The molecular weight excluding hydrogens is 260 g/mol. The quantitative estimate of drug-likeness (QED) is 0.812. The lowest BCUT2D eigenvalue weighted by Gasteiger charge is -2.12. The van der Waals surface area contributed by atoms with Gasteiger partial charge in [-0.3, -0.25) is 10.1 Å². The standard InChI is InChI=1S/C14H18N2O4/c1-4-10-5-7-11(8-6-10)13(18)20-9(2)12(17)16-14(19)15-3/h5-9H,4H2,1-3H3,(H2,15,16,17,19)/t9-/m1/s1. The third-order valence-electron chi connectivity index (χ3n) is 2.71. The van der Waals surface area contributed by atoms with Crippen molar-refractivity contribution in [3.05, 3.63) is 35.4 Å². The van der Waals surface area contributed by atoms with Gasteiger partial charge in [0, 0.05) is 7.05 Å². The molecule has 0 radical (unpaired) electrons. The monoisotopic (exact) mass is 278 g/mol. The third-order valence-corrected chi connectivity index (χ3v) is 2.71. The Bertz CT molecular complexity index is 496. The summed E-state index contributed by atoms with van der Waals surface area (Å²) in [6.45, 7) is 3.41. The molecule has 1 aromatic carbocycles. The molecule has 0 aromatic heterocycles. The topological polar surface area (TPSA) is 84.5 Å². The van der Waals surface area contributed by atoms with E-state index in [2.05, 4.69) is 5.32 Å². The molecule has 0 bridgehead atoms. The summed E-state index contributed by atoms with van der Waals surface area (Å²) in [5.74, 6) is -1.28. The molecule has 20 heavy (non-hydrogen) atoms. The number of esters is 1. The van der Waals surface area contributed by atoms with Gasteiger partial charge in [0.15, 0.2) is 6.10 Å². The van der Waals surface area contributed by atoms with Crippen molar-refractivity contribution in [2.45, 2.75) is 26.4 Å². The highest BCUT2D eigenvalue weighted by Crippen LogP contribution is 2.08. The largest absolute Gasteiger partial charge is 0.449 e. The van der Waals surface area contributed by atoms with E-state index in [-0.39, 0.29) is 0 Å². The van der Waals surface area contributed by atoms with Gasteiger partial charge < -0.3 is 10.1 Å². The molecule has 0 unspecified atom stereocenters. The first-order valence-electron chi connectivity index (χ1n) is 6.30. The number of urea groups is 1. The molecule has 0 fully saturated rings. The predicted octanol–water partition coefficient (Wildman–Crippen LogP) is 1.25. The van der Waals surface area contributed by atoms with Gasteiger partial charge in [0.05, 0.1) is 5.56 Å². The van der Waals surface area contributed by atoms with Crippen molar-refractivity contribution in [1.82, 2.24) is 10.6 Å². The molecule has 6 nitrogen and oxygen atoms in total. The molecule has 0 saturated carbocycles. The van der Waals surface area contributed by atoms with Crippen molar-refractivity contribution < 1.29 is 19.1 Å². The molecule has 2 N–H and O–H groups in total. The van der Waals surface area contributed by atoms with Crippen LogP contribution < -0.4 is 10.6 Å². The van der Waals surface area contributed by atoms with E-state index >= 15 is 0 Å². The average Bonchev–Trinajstić information content (AvgIpc) is 2.46. The van der Waals surface area contributed by atoms with E-state index in [1.165, 1.54) is 14.0 Å². The number of carbonyl (C=O) groups excluding carboxylic acids is 3. The summed E-state index contributed by atoms with van der Waals surface area (Å²) in [4.78, 5) is 34.3. The van der Waals surface area contributed by atoms with E-state index in [9.17, 15) is 14.4 Å². The van der Waals surface area contributed by atoms with E-state index < -0.39 is 24.0 Å². The molecular formula is C14H18N2O4. The summed E-state index contributed by atoms with van der Waals surface area (Å²) in [7, 11) is 1.38. The van der Waals surface area contributed by atoms with Crippen LogP contribution in [0.25, 0.3) is 0 Å². The van der Waals surface area contributed by atoms with E-state index in [4.69, 9.17) is 4.74 Å². The van der Waals surface area contributed by atoms with E-state index in [1.807, 2.05) is 24.4 Å². The molecule has 0 aliphatic rings. The Kier molecular flexibility index (Phi) is 5.71. The van der Waals surface area contributed by atoms with Gasteiger partial charge in [0.25, 0.3) is 5.91 Å². The first kappa shape index (κ1) is 15.7. The van der Waals surface area contributed by atoms with Crippen LogP contribution in [0.1, 0.15) is 29.8 Å². The second-order valence-electron chi connectivity index (χ2n) is 4.17. The number of nitrogens with one attached hydrogen (secondary N) is 2. The molecule has 0 aliphatic heterocycles. The van der Waals surface area contributed by atoms with Crippen molar-refractivity contribution in [2.24, 2.45) is 0 Å². The van der Waals surface area contributed by atoms with Crippen LogP contribution in [0.3, 0.4) is 0 Å². The van der Waals surface area contributed by atoms with E-state index in [0.717, 1.165) is 12.0 Å². The SMILES string of the molecule is CCc1ccc(C(=O)O[C@H](C)C(=O)NC(=O)NC)cc1. The number of hydrogen-bond donors (Lipinski definition) is 2. The lowest BCUT2D eigenvalue weighted by atomic mass is 10.1. The number of imide groups is 1. The maximum Gasteiger partial charge on any atom is 0.338 e. The number of aryl methyl sites for hydroxylation is 1. The summed E-state index contributed by atoms with van der Waals surface area (Å²) in [5, 5.41) is 4.28. The minimum Gasteiger partial charge on any atom is -0.449 e. The fraction of sp³-hybridized carbons (Fsp3) is 0.357. The van der Waals surface area contributed by atoms with E-state index in [1.54, 1.807) is 12.1 Å². The summed E-state index contributed by atoms with van der Waals surface area (Å²) in [5.41, 5.74) is 1.47. The number of rotatable bonds is 4. The van der Waals surface area contributed by atoms with Crippen LogP contribution in [0.5, 0.6) is 0 Å². The first-order chi connectivity index (χ1) is 9.47. The minimum atomic E-state index is -1.05. The Morgan fingerprint density at radius 1 is 1.20 bits per heavy atom. The fourth-order valence-corrected chi connectivity index (χ4v) is 1.43. The van der Waals surface area contributed by atoms with E-state index in [0.29, 0.717) is 5.56 Å². The predicted molar refractivity (Wildman–Crippen MR) is 73.3 cm³/mol. The molecule has 1 atom stereocenters. The maximum atomic E-state index is 11.8. The first-order valence-corrected chi connectivity index (χ1v) is 6.30. The van der Waals surface area contributed by atoms with Crippen LogP contribution in [0.2, 0.25) is 0 Å². The molecule has 3 amide bonds. The van der Waals surface area contributed by atoms with Crippen LogP contribution in [0.15, 0.2) is 24.3 Å². The highest BCUT2D eigenvalue weighted by Gasteiger charge is 2.20. The van der Waals surface area contributed by atoms with Crippen molar-refractivity contribution in [2.75, 3.05) is 7.05 Å². The van der Waals surface area contributed by atoms with Crippen LogP contribution in [-0.4, -0.2) is 31.1 Å². The normalized spacial score (nSPS) is 11.3. The number of hydrogen-bond acceptors (Lipinski definition) is 4. The summed E-state index contributed by atoms with van der Waals surface area (Å²) in [6.07, 6.45) is -0.175. The molecule has 6 heteroatoms. The molecule has 0 heterocycles. The second-order valence-corrected chi connectivity index (χ2v) is 4.17. The fourth-order valence-electron chi connectivity index (χ4n) is 1.43. The van der Waals surface area contributed by atoms with Crippen LogP contribution in [0, 0.1) is 0 Å². The second kappa shape index (κ2) is 7.28. The van der Waals surface area contributed by atoms with Gasteiger partial charge in [-0.25, -0.2) is 9.59 Å². The summed E-state index contributed by atoms with van der Waals surface area (Å²) >= 11 is 0. The smallest absolute Gasteiger partial charge is 0.338 e. The Morgan fingerprint density at radius 3 is 2.30 bits per heavy atom. The van der Waals surface area contributed by atoms with Crippen molar-refractivity contribution in [1.29, 1.82) is 0 Å². The zero-order chi connectivity index (χ0) is 15.1. The lowest BCUT2D eigenvalue weighted by molar-refractivity contribution is -0.127.